The molecule has 1 aromatic heterocycles. The highest BCUT2D eigenvalue weighted by Crippen LogP contribution is 2.14. The largest absolute Gasteiger partial charge is 0.407 e. The molecule has 0 saturated carbocycles. The summed E-state index contributed by atoms with van der Waals surface area (Å²) < 4.78 is 5.73. The van der Waals surface area contributed by atoms with Gasteiger partial charge in [-0.15, -0.1) is 5.10 Å². The van der Waals surface area contributed by atoms with E-state index in [4.69, 9.17) is 4.42 Å². The molecule has 1 rings (SSSR count). The molecule has 0 saturated heterocycles. The number of nitrogens with one attached hydrogen (secondary N) is 1. The minimum absolute atomic E-state index is 0.423. The average Bonchev–Trinajstić information content (AvgIpc) is 2.85. The molecular weight excluding hydrogens is 240 g/mol. The summed E-state index contributed by atoms with van der Waals surface area (Å²) >= 11 is 0. The summed E-state index contributed by atoms with van der Waals surface area (Å²) in [5.41, 5.74) is 0. The van der Waals surface area contributed by atoms with Crippen molar-refractivity contribution in [2.75, 3.05) is 18.0 Å². The van der Waals surface area contributed by atoms with Crippen molar-refractivity contribution < 1.29 is 4.42 Å². The van der Waals surface area contributed by atoms with E-state index >= 15 is 0 Å². The third-order valence-electron chi connectivity index (χ3n) is 2.95. The van der Waals surface area contributed by atoms with Crippen molar-refractivity contribution in [2.24, 2.45) is 0 Å². The molecule has 0 spiro atoms. The molecule has 0 radical (unpaired) electrons. The third-order valence-corrected chi connectivity index (χ3v) is 2.95. The fourth-order valence-electron chi connectivity index (χ4n) is 1.74. The van der Waals surface area contributed by atoms with Gasteiger partial charge in [-0.25, -0.2) is 0 Å². The van der Waals surface area contributed by atoms with Crippen LogP contribution >= 0.6 is 0 Å². The highest BCUT2D eigenvalue weighted by atomic mass is 16.4. The monoisotopic (exact) mass is 268 g/mol. The zero-order chi connectivity index (χ0) is 14.1. The van der Waals surface area contributed by atoms with Gasteiger partial charge in [0.2, 0.25) is 5.89 Å². The molecule has 1 N–H and O–H groups in total. The number of rotatable bonds is 10. The van der Waals surface area contributed by atoms with Crippen LogP contribution < -0.4 is 10.2 Å². The normalized spacial score (nSPS) is 11.2. The second-order valence-corrected chi connectivity index (χ2v) is 5.21. The van der Waals surface area contributed by atoms with E-state index in [-0.39, 0.29) is 0 Å². The summed E-state index contributed by atoms with van der Waals surface area (Å²) in [7, 11) is 0. The summed E-state index contributed by atoms with van der Waals surface area (Å²) in [5, 5.41) is 11.6. The van der Waals surface area contributed by atoms with Gasteiger partial charge in [0.05, 0.1) is 6.54 Å². The number of nitrogens with zero attached hydrogens (tertiary/aromatic N) is 3. The van der Waals surface area contributed by atoms with Crippen molar-refractivity contribution in [3.05, 3.63) is 5.89 Å². The lowest BCUT2D eigenvalue weighted by molar-refractivity contribution is 0.443. The van der Waals surface area contributed by atoms with E-state index in [0.29, 0.717) is 24.5 Å². The Morgan fingerprint density at radius 2 is 1.74 bits per heavy atom. The van der Waals surface area contributed by atoms with E-state index in [1.165, 1.54) is 12.8 Å². The first kappa shape index (κ1) is 16.0. The van der Waals surface area contributed by atoms with Crippen molar-refractivity contribution in [3.8, 4) is 0 Å². The highest BCUT2D eigenvalue weighted by Gasteiger charge is 2.13. The van der Waals surface area contributed by atoms with Gasteiger partial charge in [0.15, 0.2) is 0 Å². The number of aromatic nitrogens is 2. The van der Waals surface area contributed by atoms with Gasteiger partial charge in [0, 0.05) is 19.1 Å². The molecule has 0 aliphatic heterocycles. The van der Waals surface area contributed by atoms with Crippen LogP contribution in [0.4, 0.5) is 6.01 Å². The summed E-state index contributed by atoms with van der Waals surface area (Å²) in [4.78, 5) is 2.21. The Hall–Kier alpha value is -1.10. The van der Waals surface area contributed by atoms with Gasteiger partial charge in [-0.3, -0.25) is 0 Å². The second-order valence-electron chi connectivity index (χ2n) is 5.21. The number of unbranched alkanes of at least 4 members (excludes halogenated alkanes) is 2. The molecule has 0 bridgehead atoms. The molecule has 110 valence electrons. The zero-order valence-electron chi connectivity index (χ0n) is 12.8. The molecule has 5 heteroatoms. The predicted octanol–water partition coefficient (Wildman–Crippen LogP) is 2.97. The first-order valence-corrected chi connectivity index (χ1v) is 7.48. The van der Waals surface area contributed by atoms with Gasteiger partial charge in [0.1, 0.15) is 0 Å². The van der Waals surface area contributed by atoms with E-state index < -0.39 is 0 Å². The molecular formula is C14H28N4O. The van der Waals surface area contributed by atoms with Gasteiger partial charge >= 0.3 is 6.01 Å². The molecule has 1 heterocycles. The van der Waals surface area contributed by atoms with Gasteiger partial charge in [-0.1, -0.05) is 45.6 Å². The van der Waals surface area contributed by atoms with Crippen LogP contribution in [0.5, 0.6) is 0 Å². The van der Waals surface area contributed by atoms with Crippen LogP contribution in [-0.4, -0.2) is 29.3 Å². The van der Waals surface area contributed by atoms with Crippen molar-refractivity contribution in [1.29, 1.82) is 0 Å². The summed E-state index contributed by atoms with van der Waals surface area (Å²) in [6, 6.07) is 1.09. The Kier molecular flexibility index (Phi) is 7.48. The van der Waals surface area contributed by atoms with Crippen LogP contribution in [0.3, 0.4) is 0 Å². The lowest BCUT2D eigenvalue weighted by Crippen LogP contribution is -2.26. The van der Waals surface area contributed by atoms with E-state index in [1.54, 1.807) is 0 Å². The van der Waals surface area contributed by atoms with Gasteiger partial charge in [-0.2, -0.15) is 0 Å². The van der Waals surface area contributed by atoms with E-state index in [0.717, 1.165) is 25.9 Å². The standard InChI is InChI=1S/C14H28N4O/c1-5-7-9-18(10-8-6-2)14-17-16-13(19-14)11-15-12(3)4/h12,15H,5-11H2,1-4H3. The van der Waals surface area contributed by atoms with Crippen LogP contribution in [-0.2, 0) is 6.54 Å². The maximum atomic E-state index is 5.73. The Morgan fingerprint density at radius 3 is 2.26 bits per heavy atom. The van der Waals surface area contributed by atoms with Crippen LogP contribution in [0, 0.1) is 0 Å². The van der Waals surface area contributed by atoms with E-state index in [1.807, 2.05) is 0 Å². The van der Waals surface area contributed by atoms with E-state index in [9.17, 15) is 0 Å². The molecule has 0 aromatic carbocycles. The van der Waals surface area contributed by atoms with Crippen molar-refractivity contribution in [3.63, 3.8) is 0 Å². The van der Waals surface area contributed by atoms with Crippen molar-refractivity contribution >= 4 is 6.01 Å². The van der Waals surface area contributed by atoms with E-state index in [2.05, 4.69) is 48.1 Å². The quantitative estimate of drug-likeness (QED) is 0.707. The minimum Gasteiger partial charge on any atom is -0.407 e. The molecule has 0 aliphatic rings. The Bertz CT molecular complexity index is 330. The second kappa shape index (κ2) is 8.91. The van der Waals surface area contributed by atoms with Crippen LogP contribution in [0.2, 0.25) is 0 Å². The topological polar surface area (TPSA) is 54.2 Å². The lowest BCUT2D eigenvalue weighted by Gasteiger charge is -2.19. The van der Waals surface area contributed by atoms with Gasteiger partial charge < -0.3 is 14.6 Å². The number of anilines is 1. The maximum absolute atomic E-state index is 5.73. The maximum Gasteiger partial charge on any atom is 0.318 e. The fraction of sp³-hybridized carbons (Fsp3) is 0.857. The minimum atomic E-state index is 0.423. The highest BCUT2D eigenvalue weighted by molar-refractivity contribution is 5.23. The summed E-state index contributed by atoms with van der Waals surface area (Å²) in [5.74, 6) is 0.668. The number of hydrogen-bond donors (Lipinski definition) is 1. The third kappa shape index (κ3) is 6.05. The Labute approximate surface area is 116 Å². The Balaban J connectivity index is 2.56. The molecule has 0 amide bonds. The number of hydrogen-bond acceptors (Lipinski definition) is 5. The summed E-state index contributed by atoms with van der Waals surface area (Å²) in [6.45, 7) is 11.2. The van der Waals surface area contributed by atoms with Crippen LogP contribution in [0.1, 0.15) is 59.3 Å². The molecule has 0 aliphatic carbocycles. The summed E-state index contributed by atoms with van der Waals surface area (Å²) in [6.07, 6.45) is 4.67. The SMILES string of the molecule is CCCCN(CCCC)c1nnc(CNC(C)C)o1. The molecule has 19 heavy (non-hydrogen) atoms. The van der Waals surface area contributed by atoms with Crippen molar-refractivity contribution in [2.45, 2.75) is 66.0 Å². The van der Waals surface area contributed by atoms with Crippen molar-refractivity contribution in [1.82, 2.24) is 15.5 Å². The predicted molar refractivity (Wildman–Crippen MR) is 78.3 cm³/mol. The first-order valence-electron chi connectivity index (χ1n) is 7.48. The molecule has 0 unspecified atom stereocenters. The first-order chi connectivity index (χ1) is 9.17. The van der Waals surface area contributed by atoms with Gasteiger partial charge in [0.25, 0.3) is 0 Å². The molecule has 0 fully saturated rings. The van der Waals surface area contributed by atoms with Crippen LogP contribution in [0.15, 0.2) is 4.42 Å². The Morgan fingerprint density at radius 1 is 1.11 bits per heavy atom. The average molecular weight is 268 g/mol. The smallest absolute Gasteiger partial charge is 0.318 e. The zero-order valence-corrected chi connectivity index (χ0v) is 12.8. The van der Waals surface area contributed by atoms with Crippen LogP contribution in [0.25, 0.3) is 0 Å². The molecule has 1 aromatic rings. The fourth-order valence-corrected chi connectivity index (χ4v) is 1.74. The van der Waals surface area contributed by atoms with Gasteiger partial charge in [-0.05, 0) is 12.8 Å². The molecule has 0 atom stereocenters. The molecule has 5 nitrogen and oxygen atoms in total. The lowest BCUT2D eigenvalue weighted by atomic mass is 10.3.